The summed E-state index contributed by atoms with van der Waals surface area (Å²) in [6, 6.07) is 0. The van der Waals surface area contributed by atoms with E-state index in [1.54, 1.807) is 0 Å². The van der Waals surface area contributed by atoms with Crippen molar-refractivity contribution in [1.82, 2.24) is 4.90 Å². The zero-order chi connectivity index (χ0) is 8.97. The van der Waals surface area contributed by atoms with Gasteiger partial charge >= 0.3 is 0 Å². The van der Waals surface area contributed by atoms with Crippen LogP contribution in [0, 0.1) is 5.92 Å². The third-order valence-electron chi connectivity index (χ3n) is 2.78. The molecule has 2 nitrogen and oxygen atoms in total. The first-order valence-electron chi connectivity index (χ1n) is 5.08. The summed E-state index contributed by atoms with van der Waals surface area (Å²) in [5, 5.41) is 0. The molecule has 0 atom stereocenters. The lowest BCUT2D eigenvalue weighted by Gasteiger charge is -2.22. The van der Waals surface area contributed by atoms with Crippen LogP contribution in [0.15, 0.2) is 0 Å². The van der Waals surface area contributed by atoms with E-state index in [4.69, 9.17) is 0 Å². The van der Waals surface area contributed by atoms with Gasteiger partial charge < -0.3 is 4.90 Å². The molecule has 2 heteroatoms. The summed E-state index contributed by atoms with van der Waals surface area (Å²) < 4.78 is 0. The molecule has 0 aromatic heterocycles. The van der Waals surface area contributed by atoms with Crippen LogP contribution >= 0.6 is 0 Å². The van der Waals surface area contributed by atoms with E-state index in [0.717, 1.165) is 25.9 Å². The van der Waals surface area contributed by atoms with Crippen molar-refractivity contribution in [2.75, 3.05) is 13.1 Å². The highest BCUT2D eigenvalue weighted by Crippen LogP contribution is 2.26. The fourth-order valence-electron chi connectivity index (χ4n) is 1.97. The molecule has 0 bridgehead atoms. The minimum Gasteiger partial charge on any atom is -0.343 e. The molecule has 0 aromatic carbocycles. The topological polar surface area (TPSA) is 20.3 Å². The van der Waals surface area contributed by atoms with Gasteiger partial charge in [-0.2, -0.15) is 0 Å². The van der Waals surface area contributed by atoms with Crippen molar-refractivity contribution >= 4 is 5.91 Å². The maximum atomic E-state index is 11.7. The molecule has 1 rings (SSSR count). The van der Waals surface area contributed by atoms with Crippen LogP contribution in [0.2, 0.25) is 0 Å². The van der Waals surface area contributed by atoms with E-state index < -0.39 is 0 Å². The van der Waals surface area contributed by atoms with Crippen molar-refractivity contribution in [3.8, 4) is 0 Å². The number of amides is 1. The molecule has 0 aromatic rings. The highest BCUT2D eigenvalue weighted by molar-refractivity contribution is 5.79. The first-order valence-corrected chi connectivity index (χ1v) is 5.08. The predicted octanol–water partition coefficient (Wildman–Crippen LogP) is 2.04. The van der Waals surface area contributed by atoms with Crippen LogP contribution in [0.1, 0.15) is 39.5 Å². The molecule has 1 fully saturated rings. The van der Waals surface area contributed by atoms with Gasteiger partial charge in [0, 0.05) is 19.0 Å². The zero-order valence-corrected chi connectivity index (χ0v) is 8.18. The SMILES string of the molecule is CCN(CC)C(=O)C1CCCC1. The van der Waals surface area contributed by atoms with E-state index in [1.807, 2.05) is 4.90 Å². The molecule has 0 N–H and O–H groups in total. The summed E-state index contributed by atoms with van der Waals surface area (Å²) in [5.74, 6) is 0.738. The van der Waals surface area contributed by atoms with Crippen LogP contribution in [0.4, 0.5) is 0 Å². The van der Waals surface area contributed by atoms with E-state index >= 15 is 0 Å². The smallest absolute Gasteiger partial charge is 0.225 e. The van der Waals surface area contributed by atoms with Gasteiger partial charge in [0.15, 0.2) is 0 Å². The molecule has 1 saturated carbocycles. The largest absolute Gasteiger partial charge is 0.343 e. The minimum absolute atomic E-state index is 0.352. The highest BCUT2D eigenvalue weighted by Gasteiger charge is 2.25. The van der Waals surface area contributed by atoms with Crippen molar-refractivity contribution in [2.24, 2.45) is 5.92 Å². The van der Waals surface area contributed by atoms with Gasteiger partial charge in [-0.25, -0.2) is 0 Å². The van der Waals surface area contributed by atoms with Gasteiger partial charge in [-0.05, 0) is 26.7 Å². The first-order chi connectivity index (χ1) is 5.79. The minimum atomic E-state index is 0.352. The summed E-state index contributed by atoms with van der Waals surface area (Å²) in [6.07, 6.45) is 4.74. The number of hydrogen-bond donors (Lipinski definition) is 0. The molecule has 1 amide bonds. The molecule has 70 valence electrons. The highest BCUT2D eigenvalue weighted by atomic mass is 16.2. The summed E-state index contributed by atoms with van der Waals surface area (Å²) in [5.41, 5.74) is 0. The Kier molecular flexibility index (Phi) is 3.57. The second-order valence-electron chi connectivity index (χ2n) is 3.49. The predicted molar refractivity (Wildman–Crippen MR) is 49.9 cm³/mol. The quantitative estimate of drug-likeness (QED) is 0.633. The van der Waals surface area contributed by atoms with Gasteiger partial charge in [0.1, 0.15) is 0 Å². The molecular weight excluding hydrogens is 150 g/mol. The summed E-state index contributed by atoms with van der Waals surface area (Å²) in [4.78, 5) is 13.7. The van der Waals surface area contributed by atoms with Crippen molar-refractivity contribution < 1.29 is 4.79 Å². The number of nitrogens with zero attached hydrogens (tertiary/aromatic N) is 1. The number of rotatable bonds is 3. The Labute approximate surface area is 74.9 Å². The Bertz CT molecular complexity index is 142. The van der Waals surface area contributed by atoms with E-state index in [9.17, 15) is 4.79 Å². The monoisotopic (exact) mass is 169 g/mol. The van der Waals surface area contributed by atoms with Crippen LogP contribution in [-0.4, -0.2) is 23.9 Å². The van der Waals surface area contributed by atoms with Gasteiger partial charge in [-0.1, -0.05) is 12.8 Å². The molecule has 0 saturated heterocycles. The van der Waals surface area contributed by atoms with Gasteiger partial charge in [-0.3, -0.25) is 4.79 Å². The lowest BCUT2D eigenvalue weighted by molar-refractivity contribution is -0.134. The molecule has 12 heavy (non-hydrogen) atoms. The van der Waals surface area contributed by atoms with Crippen LogP contribution < -0.4 is 0 Å². The fraction of sp³-hybridized carbons (Fsp3) is 0.900. The van der Waals surface area contributed by atoms with Crippen LogP contribution in [-0.2, 0) is 4.79 Å². The summed E-state index contributed by atoms with van der Waals surface area (Å²) >= 11 is 0. The van der Waals surface area contributed by atoms with Gasteiger partial charge in [-0.15, -0.1) is 0 Å². The number of hydrogen-bond acceptors (Lipinski definition) is 1. The Balaban J connectivity index is 2.43. The molecule has 0 aliphatic heterocycles. The van der Waals surface area contributed by atoms with Crippen molar-refractivity contribution in [1.29, 1.82) is 0 Å². The summed E-state index contributed by atoms with van der Waals surface area (Å²) in [6.45, 7) is 5.84. The molecule has 0 unspecified atom stereocenters. The normalized spacial score (nSPS) is 18.2. The van der Waals surface area contributed by atoms with Crippen LogP contribution in [0.5, 0.6) is 0 Å². The third-order valence-corrected chi connectivity index (χ3v) is 2.78. The molecule has 1 aliphatic rings. The molecular formula is C10H19NO. The van der Waals surface area contributed by atoms with E-state index in [2.05, 4.69) is 13.8 Å². The first kappa shape index (κ1) is 9.56. The van der Waals surface area contributed by atoms with E-state index in [0.29, 0.717) is 11.8 Å². The number of carbonyl (C=O) groups excluding carboxylic acids is 1. The summed E-state index contributed by atoms with van der Waals surface area (Å²) in [7, 11) is 0. The van der Waals surface area contributed by atoms with Crippen LogP contribution in [0.3, 0.4) is 0 Å². The second kappa shape index (κ2) is 4.48. The fourth-order valence-corrected chi connectivity index (χ4v) is 1.97. The van der Waals surface area contributed by atoms with Gasteiger partial charge in [0.05, 0.1) is 0 Å². The van der Waals surface area contributed by atoms with Crippen LogP contribution in [0.25, 0.3) is 0 Å². The third kappa shape index (κ3) is 1.99. The number of carbonyl (C=O) groups is 1. The average Bonchev–Trinajstić information content (AvgIpc) is 2.58. The second-order valence-corrected chi connectivity index (χ2v) is 3.49. The Hall–Kier alpha value is -0.530. The van der Waals surface area contributed by atoms with Gasteiger partial charge in [0.2, 0.25) is 5.91 Å². The lowest BCUT2D eigenvalue weighted by Crippen LogP contribution is -2.34. The van der Waals surface area contributed by atoms with Gasteiger partial charge in [0.25, 0.3) is 0 Å². The van der Waals surface area contributed by atoms with Crippen molar-refractivity contribution in [3.63, 3.8) is 0 Å². The molecule has 0 spiro atoms. The van der Waals surface area contributed by atoms with E-state index in [1.165, 1.54) is 12.8 Å². The van der Waals surface area contributed by atoms with Crippen molar-refractivity contribution in [3.05, 3.63) is 0 Å². The molecule has 1 aliphatic carbocycles. The Morgan fingerprint density at radius 2 is 1.75 bits per heavy atom. The zero-order valence-electron chi connectivity index (χ0n) is 8.18. The average molecular weight is 169 g/mol. The molecule has 0 heterocycles. The maximum absolute atomic E-state index is 11.7. The standard InChI is InChI=1S/C10H19NO/c1-3-11(4-2)10(12)9-7-5-6-8-9/h9H,3-8H2,1-2H3. The molecule has 0 radical (unpaired) electrons. The van der Waals surface area contributed by atoms with E-state index in [-0.39, 0.29) is 0 Å². The lowest BCUT2D eigenvalue weighted by atomic mass is 10.1. The Morgan fingerprint density at radius 1 is 1.25 bits per heavy atom. The maximum Gasteiger partial charge on any atom is 0.225 e. The Morgan fingerprint density at radius 3 is 2.17 bits per heavy atom. The van der Waals surface area contributed by atoms with Crippen molar-refractivity contribution in [2.45, 2.75) is 39.5 Å².